The Kier molecular flexibility index (Phi) is 8.39. The predicted octanol–water partition coefficient (Wildman–Crippen LogP) is 4.03. The number of rotatable bonds is 4. The molecule has 0 unspecified atom stereocenters. The zero-order chi connectivity index (χ0) is 28.1. The van der Waals surface area contributed by atoms with Gasteiger partial charge in [0.15, 0.2) is 5.65 Å². The molecule has 40 heavy (non-hydrogen) atoms. The molecule has 0 radical (unpaired) electrons. The van der Waals surface area contributed by atoms with Crippen LogP contribution < -0.4 is 15.0 Å². The normalized spacial score (nSPS) is 16.6. The van der Waals surface area contributed by atoms with Gasteiger partial charge in [0.2, 0.25) is 0 Å². The lowest BCUT2D eigenvalue weighted by Crippen LogP contribution is -2.47. The van der Waals surface area contributed by atoms with Crippen LogP contribution in [-0.4, -0.2) is 94.5 Å². The van der Waals surface area contributed by atoms with Crippen molar-refractivity contribution in [2.24, 2.45) is 0 Å². The van der Waals surface area contributed by atoms with Crippen molar-refractivity contribution in [2.45, 2.75) is 45.6 Å². The van der Waals surface area contributed by atoms with E-state index in [0.29, 0.717) is 30.3 Å². The molecule has 2 aliphatic rings. The highest BCUT2D eigenvalue weighted by molar-refractivity contribution is 5.91. The summed E-state index contributed by atoms with van der Waals surface area (Å²) < 4.78 is 13.4. The van der Waals surface area contributed by atoms with Crippen LogP contribution >= 0.6 is 0 Å². The number of nitrogens with zero attached hydrogens (tertiary/aromatic N) is 6. The standard InChI is InChI=1S/C29H39N7O4/c1-29(2,3)40-28(38)34-16-17-35(27(37)30-11-7-14-33-12-4-5-13-33)25-10-15-36-26(32-25)24(21-31-36)22-8-6-9-23(20-22)39-19-18-34/h6,8-10,15,20-21H,4-5,7,11-14,16-19H2,1-3H3,(H,30,37). The molecular weight excluding hydrogens is 510 g/mol. The number of carbonyl (C=O) groups excluding carboxylic acids is 2. The smallest absolute Gasteiger partial charge is 0.410 e. The van der Waals surface area contributed by atoms with E-state index in [1.165, 1.54) is 12.8 Å². The van der Waals surface area contributed by atoms with Crippen molar-refractivity contribution < 1.29 is 19.1 Å². The summed E-state index contributed by atoms with van der Waals surface area (Å²) in [4.78, 5) is 37.1. The minimum Gasteiger partial charge on any atom is -0.492 e. The monoisotopic (exact) mass is 549 g/mol. The van der Waals surface area contributed by atoms with Gasteiger partial charge in [-0.2, -0.15) is 5.10 Å². The first-order chi connectivity index (χ1) is 19.3. The second-order valence-corrected chi connectivity index (χ2v) is 11.2. The zero-order valence-corrected chi connectivity index (χ0v) is 23.6. The molecule has 11 nitrogen and oxygen atoms in total. The van der Waals surface area contributed by atoms with E-state index in [0.717, 1.165) is 37.2 Å². The van der Waals surface area contributed by atoms with Crippen LogP contribution in [0.3, 0.4) is 0 Å². The highest BCUT2D eigenvalue weighted by Crippen LogP contribution is 2.28. The van der Waals surface area contributed by atoms with Gasteiger partial charge < -0.3 is 24.6 Å². The zero-order valence-electron chi connectivity index (χ0n) is 23.6. The van der Waals surface area contributed by atoms with E-state index in [1.807, 2.05) is 45.0 Å². The number of hydrogen-bond acceptors (Lipinski definition) is 7. The Balaban J connectivity index is 1.43. The predicted molar refractivity (Wildman–Crippen MR) is 153 cm³/mol. The Bertz CT molecular complexity index is 1330. The highest BCUT2D eigenvalue weighted by atomic mass is 16.6. The van der Waals surface area contributed by atoms with Gasteiger partial charge >= 0.3 is 12.1 Å². The summed E-state index contributed by atoms with van der Waals surface area (Å²) in [6, 6.07) is 9.22. The first-order valence-electron chi connectivity index (χ1n) is 14.1. The largest absolute Gasteiger partial charge is 0.492 e. The van der Waals surface area contributed by atoms with Crippen molar-refractivity contribution >= 4 is 23.6 Å². The van der Waals surface area contributed by atoms with Crippen LogP contribution in [0, 0.1) is 0 Å². The third-order valence-corrected chi connectivity index (χ3v) is 7.02. The molecule has 1 N–H and O–H groups in total. The molecule has 0 aliphatic carbocycles. The Morgan fingerprint density at radius 1 is 1.07 bits per heavy atom. The summed E-state index contributed by atoms with van der Waals surface area (Å²) in [6.07, 6.45) is 6.47. The maximum atomic E-state index is 13.5. The molecule has 3 amide bonds. The van der Waals surface area contributed by atoms with E-state index in [9.17, 15) is 9.59 Å². The number of aromatic nitrogens is 3. The summed E-state index contributed by atoms with van der Waals surface area (Å²) in [7, 11) is 0. The van der Waals surface area contributed by atoms with E-state index in [1.54, 1.807) is 32.8 Å². The lowest BCUT2D eigenvalue weighted by molar-refractivity contribution is 0.0232. The fourth-order valence-electron chi connectivity index (χ4n) is 5.00. The van der Waals surface area contributed by atoms with Crippen LogP contribution in [-0.2, 0) is 4.74 Å². The van der Waals surface area contributed by atoms with Gasteiger partial charge in [-0.1, -0.05) is 12.1 Å². The van der Waals surface area contributed by atoms with E-state index >= 15 is 0 Å². The number of benzene rings is 1. The van der Waals surface area contributed by atoms with E-state index in [4.69, 9.17) is 14.5 Å². The quantitative estimate of drug-likeness (QED) is 0.490. The molecule has 3 aromatic rings. The number of nitrogens with one attached hydrogen (secondary N) is 1. The van der Waals surface area contributed by atoms with E-state index in [-0.39, 0.29) is 25.7 Å². The average Bonchev–Trinajstić information content (AvgIpc) is 3.59. The minimum atomic E-state index is -0.650. The molecule has 1 saturated heterocycles. The summed E-state index contributed by atoms with van der Waals surface area (Å²) in [5.74, 6) is 1.17. The fraction of sp³-hybridized carbons (Fsp3) is 0.517. The molecule has 1 aromatic carbocycles. The van der Waals surface area contributed by atoms with Gasteiger partial charge in [0, 0.05) is 31.4 Å². The second-order valence-electron chi connectivity index (χ2n) is 11.2. The number of anilines is 1. The molecule has 2 aliphatic heterocycles. The lowest BCUT2D eigenvalue weighted by atomic mass is 10.1. The third-order valence-electron chi connectivity index (χ3n) is 7.02. The van der Waals surface area contributed by atoms with Gasteiger partial charge in [0.25, 0.3) is 0 Å². The van der Waals surface area contributed by atoms with Gasteiger partial charge in [-0.3, -0.25) is 4.90 Å². The maximum Gasteiger partial charge on any atom is 0.410 e. The van der Waals surface area contributed by atoms with Crippen LogP contribution in [0.15, 0.2) is 42.7 Å². The minimum absolute atomic E-state index is 0.231. The summed E-state index contributed by atoms with van der Waals surface area (Å²) in [6.45, 7) is 10.3. The summed E-state index contributed by atoms with van der Waals surface area (Å²) in [5.41, 5.74) is 1.72. The summed E-state index contributed by atoms with van der Waals surface area (Å²) >= 11 is 0. The number of likely N-dealkylation sites (tertiary alicyclic amines) is 1. The molecule has 0 atom stereocenters. The van der Waals surface area contributed by atoms with Crippen molar-refractivity contribution in [3.63, 3.8) is 0 Å². The Morgan fingerprint density at radius 2 is 1.90 bits per heavy atom. The van der Waals surface area contributed by atoms with Crippen molar-refractivity contribution in [2.75, 3.05) is 57.3 Å². The number of ether oxygens (including phenoxy) is 2. The van der Waals surface area contributed by atoms with E-state index in [2.05, 4.69) is 15.3 Å². The van der Waals surface area contributed by atoms with Gasteiger partial charge in [0.05, 0.1) is 12.7 Å². The maximum absolute atomic E-state index is 13.5. The van der Waals surface area contributed by atoms with Crippen molar-refractivity contribution in [3.8, 4) is 16.9 Å². The number of amides is 3. The molecule has 2 aromatic heterocycles. The van der Waals surface area contributed by atoms with Crippen LogP contribution in [0.4, 0.5) is 15.4 Å². The van der Waals surface area contributed by atoms with Crippen molar-refractivity contribution in [1.29, 1.82) is 0 Å². The molecule has 4 bridgehead atoms. The topological polar surface area (TPSA) is 105 Å². The van der Waals surface area contributed by atoms with Crippen LogP contribution in [0.25, 0.3) is 16.8 Å². The molecular formula is C29H39N7O4. The molecule has 11 heteroatoms. The van der Waals surface area contributed by atoms with Crippen LogP contribution in [0.1, 0.15) is 40.0 Å². The third kappa shape index (κ3) is 6.82. The van der Waals surface area contributed by atoms with Gasteiger partial charge in [-0.25, -0.2) is 19.1 Å². The Labute approximate surface area is 235 Å². The first kappa shape index (κ1) is 27.7. The summed E-state index contributed by atoms with van der Waals surface area (Å²) in [5, 5.41) is 7.53. The van der Waals surface area contributed by atoms with Crippen LogP contribution in [0.2, 0.25) is 0 Å². The van der Waals surface area contributed by atoms with Gasteiger partial charge in [0.1, 0.15) is 23.8 Å². The number of urea groups is 1. The first-order valence-corrected chi connectivity index (χ1v) is 14.1. The Morgan fingerprint density at radius 3 is 2.70 bits per heavy atom. The molecule has 0 saturated carbocycles. The molecule has 5 rings (SSSR count). The number of carbonyl (C=O) groups is 2. The second kappa shape index (κ2) is 12.1. The lowest BCUT2D eigenvalue weighted by Gasteiger charge is -2.30. The molecule has 4 heterocycles. The van der Waals surface area contributed by atoms with Crippen molar-refractivity contribution in [3.05, 3.63) is 42.7 Å². The number of hydrogen-bond donors (Lipinski definition) is 1. The van der Waals surface area contributed by atoms with E-state index < -0.39 is 11.7 Å². The van der Waals surface area contributed by atoms with Crippen LogP contribution in [0.5, 0.6) is 5.75 Å². The molecule has 1 fully saturated rings. The van der Waals surface area contributed by atoms with Gasteiger partial charge in [-0.05, 0) is 83.4 Å². The molecule has 0 spiro atoms. The van der Waals surface area contributed by atoms with Gasteiger partial charge in [-0.15, -0.1) is 0 Å². The average molecular weight is 550 g/mol. The number of fused-ring (bicyclic) bond motifs is 4. The Hall–Kier alpha value is -3.86. The van der Waals surface area contributed by atoms with Crippen molar-refractivity contribution in [1.82, 2.24) is 29.7 Å². The fourth-order valence-corrected chi connectivity index (χ4v) is 5.00. The molecule has 214 valence electrons. The SMILES string of the molecule is CC(C)(C)OC(=O)N1CCOc2cccc(c2)-c2cnn3ccc(nc23)N(C(=O)NCCCN2CCCC2)CC1. The highest BCUT2D eigenvalue weighted by Gasteiger charge is 2.26.